The number of allylic oxidation sites excluding steroid dienone is 11. The van der Waals surface area contributed by atoms with Crippen molar-refractivity contribution >= 4 is 19.7 Å². The molecular weight excluding hydrogens is 916 g/mol. The van der Waals surface area contributed by atoms with Gasteiger partial charge in [-0.3, -0.25) is 18.6 Å². The summed E-state index contributed by atoms with van der Waals surface area (Å²) in [5.74, 6) is -0.523. The van der Waals surface area contributed by atoms with Gasteiger partial charge in [0, 0.05) is 12.8 Å². The molecule has 0 radical (unpaired) electrons. The van der Waals surface area contributed by atoms with E-state index < -0.39 is 20.0 Å². The molecule has 1 amide bonds. The van der Waals surface area contributed by atoms with E-state index in [2.05, 4.69) is 86.8 Å². The van der Waals surface area contributed by atoms with Crippen LogP contribution in [0.15, 0.2) is 72.9 Å². The average molecular weight is 1030 g/mol. The highest BCUT2D eigenvalue weighted by atomic mass is 31.2. The number of likely N-dealkylation sites (N-methyl/N-ethyl adjacent to an activating group) is 1. The number of esters is 1. The number of nitrogens with one attached hydrogen (secondary N) is 1. The van der Waals surface area contributed by atoms with Crippen LogP contribution in [-0.4, -0.2) is 74.3 Å². The quantitative estimate of drug-likeness (QED) is 0.0156. The topological polar surface area (TPSA) is 111 Å². The van der Waals surface area contributed by atoms with E-state index >= 15 is 0 Å². The zero-order valence-corrected chi connectivity index (χ0v) is 48.6. The number of nitrogens with zero attached hydrogens (tertiary/aromatic N) is 1. The molecule has 3 unspecified atom stereocenters. The molecule has 9 nitrogen and oxygen atoms in total. The smallest absolute Gasteiger partial charge is 0.456 e. The highest BCUT2D eigenvalue weighted by Gasteiger charge is 2.30. The number of carbonyl (C=O) groups excluding carboxylic acids is 2. The lowest BCUT2D eigenvalue weighted by Crippen LogP contribution is -2.47. The van der Waals surface area contributed by atoms with Gasteiger partial charge in [-0.2, -0.15) is 0 Å². The summed E-state index contributed by atoms with van der Waals surface area (Å²) in [5, 5.41) is 3.05. The van der Waals surface area contributed by atoms with Crippen molar-refractivity contribution in [1.82, 2.24) is 5.32 Å². The highest BCUT2D eigenvalue weighted by Crippen LogP contribution is 2.43. The number of carbonyl (C=O) groups is 2. The molecule has 0 spiro atoms. The predicted molar refractivity (Wildman–Crippen MR) is 309 cm³/mol. The Morgan fingerprint density at radius 1 is 0.514 bits per heavy atom. The number of unbranched alkanes of at least 4 members (excludes halogenated alkanes) is 29. The monoisotopic (exact) mass is 1030 g/mol. The van der Waals surface area contributed by atoms with Crippen LogP contribution in [0.25, 0.3) is 0 Å². The van der Waals surface area contributed by atoms with Crippen LogP contribution in [0.4, 0.5) is 0 Å². The van der Waals surface area contributed by atoms with Crippen LogP contribution in [0, 0.1) is 0 Å². The van der Waals surface area contributed by atoms with Crippen molar-refractivity contribution < 1.29 is 37.3 Å². The van der Waals surface area contributed by atoms with E-state index in [1.165, 1.54) is 128 Å². The molecular formula is C62H114N2O7P+. The van der Waals surface area contributed by atoms with Crippen molar-refractivity contribution in [2.45, 2.75) is 270 Å². The van der Waals surface area contributed by atoms with E-state index in [4.69, 9.17) is 13.8 Å². The van der Waals surface area contributed by atoms with Gasteiger partial charge in [0.05, 0.1) is 33.8 Å². The Labute approximate surface area is 444 Å². The fourth-order valence-electron chi connectivity index (χ4n) is 8.32. The maximum atomic E-state index is 13.5. The Morgan fingerprint density at radius 3 is 1.46 bits per heavy atom. The van der Waals surface area contributed by atoms with E-state index in [0.717, 1.165) is 96.3 Å². The lowest BCUT2D eigenvalue weighted by molar-refractivity contribution is -0.870. The third kappa shape index (κ3) is 52.3. The first kappa shape index (κ1) is 69.5. The molecule has 0 rings (SSSR count). The summed E-state index contributed by atoms with van der Waals surface area (Å²) in [6, 6.07) is -0.857. The molecule has 72 heavy (non-hydrogen) atoms. The summed E-state index contributed by atoms with van der Waals surface area (Å²) in [5.41, 5.74) is 0. The maximum Gasteiger partial charge on any atom is 0.472 e. The van der Waals surface area contributed by atoms with Crippen LogP contribution in [0.2, 0.25) is 0 Å². The number of phosphoric acid groups is 1. The lowest BCUT2D eigenvalue weighted by atomic mass is 10.0. The Hall–Kier alpha value is -2.55. The van der Waals surface area contributed by atoms with Gasteiger partial charge in [-0.15, -0.1) is 0 Å². The molecule has 0 bridgehead atoms. The Balaban J connectivity index is 5.30. The fraction of sp³-hybridized carbons (Fsp3) is 0.774. The summed E-state index contributed by atoms with van der Waals surface area (Å²) < 4.78 is 30.6. The molecule has 0 aliphatic heterocycles. The van der Waals surface area contributed by atoms with Crippen LogP contribution in [0.1, 0.15) is 258 Å². The van der Waals surface area contributed by atoms with Crippen molar-refractivity contribution in [3.63, 3.8) is 0 Å². The van der Waals surface area contributed by atoms with E-state index in [9.17, 15) is 19.0 Å². The summed E-state index contributed by atoms with van der Waals surface area (Å²) in [6.07, 6.45) is 66.0. The van der Waals surface area contributed by atoms with Gasteiger partial charge < -0.3 is 19.4 Å². The van der Waals surface area contributed by atoms with Crippen LogP contribution >= 0.6 is 7.82 Å². The lowest BCUT2D eigenvalue weighted by Gasteiger charge is -2.27. The van der Waals surface area contributed by atoms with Gasteiger partial charge in [0.15, 0.2) is 0 Å². The largest absolute Gasteiger partial charge is 0.472 e. The third-order valence-corrected chi connectivity index (χ3v) is 13.9. The minimum absolute atomic E-state index is 0.0350. The number of rotatable bonds is 53. The molecule has 0 aromatic carbocycles. The van der Waals surface area contributed by atoms with Crippen LogP contribution in [-0.2, 0) is 27.9 Å². The van der Waals surface area contributed by atoms with Crippen molar-refractivity contribution in [1.29, 1.82) is 0 Å². The van der Waals surface area contributed by atoms with Gasteiger partial charge >= 0.3 is 13.8 Å². The van der Waals surface area contributed by atoms with Gasteiger partial charge in [0.1, 0.15) is 19.3 Å². The third-order valence-electron chi connectivity index (χ3n) is 12.9. The summed E-state index contributed by atoms with van der Waals surface area (Å²) >= 11 is 0. The molecule has 2 N–H and O–H groups in total. The zero-order valence-electron chi connectivity index (χ0n) is 47.7. The minimum atomic E-state index is -4.45. The molecule has 10 heteroatoms. The van der Waals surface area contributed by atoms with Crippen molar-refractivity contribution in [2.24, 2.45) is 0 Å². The first-order valence-electron chi connectivity index (χ1n) is 29.8. The predicted octanol–water partition coefficient (Wildman–Crippen LogP) is 18.1. The van der Waals surface area contributed by atoms with Crippen LogP contribution in [0.3, 0.4) is 0 Å². The second-order valence-electron chi connectivity index (χ2n) is 21.2. The number of ether oxygens (including phenoxy) is 1. The Bertz CT molecular complexity index is 1460. The molecule has 0 aliphatic carbocycles. The normalized spacial score (nSPS) is 14.3. The maximum absolute atomic E-state index is 13.5. The number of amides is 1. The molecule has 3 atom stereocenters. The number of hydrogen-bond donors (Lipinski definition) is 2. The first-order chi connectivity index (χ1) is 34.9. The molecule has 0 saturated carbocycles. The SMILES string of the molecule is CC/C=C/C=C/C=C/CCCCCCCCCC(=O)OC(/C=C\CCCCCCCCCCCC)C(COP(=O)(O)OCC[N+](C)(C)C)NC(=O)CCCCCCCCCCC/C=C\C/C=C\CCCCC. The second kappa shape index (κ2) is 51.9. The van der Waals surface area contributed by atoms with E-state index in [0.29, 0.717) is 17.4 Å². The van der Waals surface area contributed by atoms with E-state index in [1.807, 2.05) is 33.3 Å². The van der Waals surface area contributed by atoms with Gasteiger partial charge in [0.2, 0.25) is 5.91 Å². The standard InChI is InChI=1S/C62H113N2O7P/c1-7-10-13-16-19-22-25-28-30-31-32-33-35-36-39-42-45-48-51-54-61(65)63-59(58-70-72(67,68)69-57-56-64(4,5)6)60(53-50-47-44-41-38-27-24-21-18-15-12-9-3)71-62(66)55-52-49-46-43-40-37-34-29-26-23-20-17-14-11-8-2/h11,14,17,19-20,22-23,26,28,30,50,53,59-60H,7-10,12-13,15-16,18,21,24-25,27,29,31-49,51-52,54-58H2,1-6H3,(H-,63,65,67,68)/p+1/b14-11+,20-17+,22-19-,26-23+,30-28-,53-50-. The van der Waals surface area contributed by atoms with Crippen molar-refractivity contribution in [3.8, 4) is 0 Å². The number of quaternary nitrogens is 1. The van der Waals surface area contributed by atoms with Gasteiger partial charge in [0.25, 0.3) is 0 Å². The zero-order chi connectivity index (χ0) is 52.9. The molecule has 0 aromatic heterocycles. The number of phosphoric ester groups is 1. The molecule has 0 fully saturated rings. The van der Waals surface area contributed by atoms with Crippen molar-refractivity contribution in [2.75, 3.05) is 40.9 Å². The Kier molecular flexibility index (Phi) is 50.1. The summed E-state index contributed by atoms with van der Waals surface area (Å²) in [6.45, 7) is 6.85. The van der Waals surface area contributed by atoms with Gasteiger partial charge in [-0.1, -0.05) is 235 Å². The highest BCUT2D eigenvalue weighted by molar-refractivity contribution is 7.47. The molecule has 0 saturated heterocycles. The van der Waals surface area contributed by atoms with Crippen LogP contribution in [0.5, 0.6) is 0 Å². The average Bonchev–Trinajstić information content (AvgIpc) is 3.34. The molecule has 0 heterocycles. The van der Waals surface area contributed by atoms with Gasteiger partial charge in [-0.05, 0) is 83.1 Å². The summed E-state index contributed by atoms with van der Waals surface area (Å²) in [4.78, 5) is 37.6. The van der Waals surface area contributed by atoms with E-state index in [1.54, 1.807) is 0 Å². The molecule has 0 aliphatic rings. The fourth-order valence-corrected chi connectivity index (χ4v) is 9.06. The summed E-state index contributed by atoms with van der Waals surface area (Å²) in [7, 11) is 1.48. The van der Waals surface area contributed by atoms with E-state index in [-0.39, 0.29) is 31.5 Å². The van der Waals surface area contributed by atoms with Crippen LogP contribution < -0.4 is 5.32 Å². The second-order valence-corrected chi connectivity index (χ2v) is 22.7. The molecule has 418 valence electrons. The number of hydrogen-bond acceptors (Lipinski definition) is 6. The Morgan fingerprint density at radius 2 is 0.944 bits per heavy atom. The first-order valence-corrected chi connectivity index (χ1v) is 31.3. The minimum Gasteiger partial charge on any atom is -0.456 e. The van der Waals surface area contributed by atoms with Gasteiger partial charge in [-0.25, -0.2) is 4.57 Å². The molecule has 0 aromatic rings. The van der Waals surface area contributed by atoms with Crippen molar-refractivity contribution in [3.05, 3.63) is 72.9 Å².